The van der Waals surface area contributed by atoms with E-state index in [4.69, 9.17) is 5.73 Å². The fourth-order valence-corrected chi connectivity index (χ4v) is 2.14. The third-order valence-corrected chi connectivity index (χ3v) is 3.23. The minimum atomic E-state index is -0.469. The van der Waals surface area contributed by atoms with Gasteiger partial charge in [0.25, 0.3) is 0 Å². The van der Waals surface area contributed by atoms with E-state index in [9.17, 15) is 9.65 Å². The summed E-state index contributed by atoms with van der Waals surface area (Å²) in [5.41, 5.74) is 7.16. The smallest absolute Gasteiger partial charge is 0.167 e. The normalized spacial score (nSPS) is 10.7. The van der Waals surface area contributed by atoms with Crippen molar-refractivity contribution in [3.05, 3.63) is 39.9 Å². The minimum Gasteiger partial charge on any atom is -0.395 e. The molecule has 1 aromatic carbocycles. The van der Waals surface area contributed by atoms with Gasteiger partial charge in [0.05, 0.1) is 11.4 Å². The summed E-state index contributed by atoms with van der Waals surface area (Å²) in [4.78, 5) is 0. The molecule has 2 rings (SSSR count). The number of hydrogen-bond donors (Lipinski definition) is 1. The van der Waals surface area contributed by atoms with Crippen LogP contribution in [0.2, 0.25) is 0 Å². The molecule has 0 aliphatic heterocycles. The Hall–Kier alpha value is -1.87. The number of halogens is 2. The van der Waals surface area contributed by atoms with Crippen molar-refractivity contribution in [1.29, 1.82) is 5.26 Å². The summed E-state index contributed by atoms with van der Waals surface area (Å²) >= 11 is 3.19. The number of nitrogen functional groups attached to an aromatic ring is 1. The molecule has 0 saturated heterocycles. The topological polar surface area (TPSA) is 67.6 Å². The minimum absolute atomic E-state index is 0.0619. The summed E-state index contributed by atoms with van der Waals surface area (Å²) in [6, 6.07) is 6.54. The van der Waals surface area contributed by atoms with Crippen LogP contribution in [-0.2, 0) is 0 Å². The van der Waals surface area contributed by atoms with E-state index in [1.54, 1.807) is 12.1 Å². The highest BCUT2D eigenvalue weighted by atomic mass is 79.9. The highest BCUT2D eigenvalue weighted by Crippen LogP contribution is 2.27. The summed E-state index contributed by atoms with van der Waals surface area (Å²) in [5.74, 6) is -0.407. The van der Waals surface area contributed by atoms with Crippen molar-refractivity contribution in [2.24, 2.45) is 0 Å². The van der Waals surface area contributed by atoms with Crippen LogP contribution in [0.25, 0.3) is 5.69 Å². The van der Waals surface area contributed by atoms with Gasteiger partial charge in [0.1, 0.15) is 17.6 Å². The lowest BCUT2D eigenvalue weighted by atomic mass is 10.1. The van der Waals surface area contributed by atoms with Crippen LogP contribution in [-0.4, -0.2) is 9.78 Å². The molecule has 1 heterocycles. The zero-order valence-corrected chi connectivity index (χ0v) is 12.1. The van der Waals surface area contributed by atoms with Crippen molar-refractivity contribution in [1.82, 2.24) is 9.78 Å². The summed E-state index contributed by atoms with van der Waals surface area (Å²) in [6.07, 6.45) is 0. The number of benzene rings is 1. The van der Waals surface area contributed by atoms with Crippen LogP contribution in [0, 0.1) is 17.1 Å². The van der Waals surface area contributed by atoms with Crippen LogP contribution in [0.15, 0.2) is 22.7 Å². The van der Waals surface area contributed by atoms with Crippen LogP contribution in [0.5, 0.6) is 0 Å². The molecule has 0 saturated carbocycles. The lowest BCUT2D eigenvalue weighted by molar-refractivity contribution is 0.606. The van der Waals surface area contributed by atoms with E-state index >= 15 is 0 Å². The fourth-order valence-electron chi connectivity index (χ4n) is 1.81. The van der Waals surface area contributed by atoms with Gasteiger partial charge in [-0.1, -0.05) is 29.8 Å². The molecule has 0 atom stereocenters. The zero-order valence-electron chi connectivity index (χ0n) is 10.5. The molecule has 19 heavy (non-hydrogen) atoms. The Morgan fingerprint density at radius 2 is 2.16 bits per heavy atom. The van der Waals surface area contributed by atoms with Gasteiger partial charge >= 0.3 is 0 Å². The van der Waals surface area contributed by atoms with Gasteiger partial charge in [-0.25, -0.2) is 9.07 Å². The first-order valence-corrected chi connectivity index (χ1v) is 6.49. The van der Waals surface area contributed by atoms with Crippen molar-refractivity contribution >= 4 is 21.6 Å². The van der Waals surface area contributed by atoms with Crippen molar-refractivity contribution in [3.8, 4) is 11.8 Å². The van der Waals surface area contributed by atoms with Crippen LogP contribution in [0.1, 0.15) is 31.2 Å². The second kappa shape index (κ2) is 5.02. The Balaban J connectivity index is 2.69. The van der Waals surface area contributed by atoms with Crippen LogP contribution in [0.3, 0.4) is 0 Å². The molecular formula is C13H12BrFN4. The first kappa shape index (κ1) is 13.6. The maximum Gasteiger partial charge on any atom is 0.167 e. The van der Waals surface area contributed by atoms with Gasteiger partial charge in [0.15, 0.2) is 5.69 Å². The molecule has 0 fully saturated rings. The second-order valence-electron chi connectivity index (χ2n) is 4.42. The van der Waals surface area contributed by atoms with Gasteiger partial charge in [-0.05, 0) is 24.1 Å². The molecule has 2 aromatic rings. The number of anilines is 1. The lowest BCUT2D eigenvalue weighted by Crippen LogP contribution is -2.03. The maximum atomic E-state index is 14.0. The molecule has 4 nitrogen and oxygen atoms in total. The highest BCUT2D eigenvalue weighted by molar-refractivity contribution is 9.10. The number of nitriles is 1. The Labute approximate surface area is 118 Å². The SMILES string of the molecule is CC(C)c1nn(-c2ccc(Br)cc2F)c(C#N)c1N. The van der Waals surface area contributed by atoms with Gasteiger partial charge in [-0.3, -0.25) is 0 Å². The van der Waals surface area contributed by atoms with Crippen molar-refractivity contribution in [3.63, 3.8) is 0 Å². The van der Waals surface area contributed by atoms with Gasteiger partial charge in [0.2, 0.25) is 0 Å². The van der Waals surface area contributed by atoms with Crippen molar-refractivity contribution < 1.29 is 4.39 Å². The molecule has 0 aliphatic rings. The Morgan fingerprint density at radius 1 is 1.47 bits per heavy atom. The van der Waals surface area contributed by atoms with E-state index in [-0.39, 0.29) is 17.3 Å². The Morgan fingerprint density at radius 3 is 2.68 bits per heavy atom. The maximum absolute atomic E-state index is 14.0. The number of aromatic nitrogens is 2. The lowest BCUT2D eigenvalue weighted by Gasteiger charge is -2.05. The molecule has 98 valence electrons. The van der Waals surface area contributed by atoms with E-state index in [0.29, 0.717) is 15.9 Å². The van der Waals surface area contributed by atoms with Crippen LogP contribution in [0.4, 0.5) is 10.1 Å². The molecule has 1 aromatic heterocycles. The average molecular weight is 323 g/mol. The summed E-state index contributed by atoms with van der Waals surface area (Å²) in [5, 5.41) is 13.4. The standard InChI is InChI=1S/C13H12BrFN4/c1-7(2)13-12(17)11(6-16)19(18-13)10-4-3-8(14)5-9(10)15/h3-5,7H,17H2,1-2H3. The molecule has 0 bridgehead atoms. The Kier molecular flexibility index (Phi) is 3.58. The molecule has 0 spiro atoms. The number of nitrogens with two attached hydrogens (primary N) is 1. The van der Waals surface area contributed by atoms with E-state index in [0.717, 1.165) is 0 Å². The highest BCUT2D eigenvalue weighted by Gasteiger charge is 2.20. The van der Waals surface area contributed by atoms with E-state index in [1.807, 2.05) is 19.9 Å². The molecule has 0 aliphatic carbocycles. The van der Waals surface area contributed by atoms with Gasteiger partial charge in [-0.2, -0.15) is 10.4 Å². The molecule has 0 unspecified atom stereocenters. The molecule has 0 radical (unpaired) electrons. The zero-order chi connectivity index (χ0) is 14.2. The number of nitrogens with zero attached hydrogens (tertiary/aromatic N) is 3. The summed E-state index contributed by atoms with van der Waals surface area (Å²) in [7, 11) is 0. The predicted octanol–water partition coefficient (Wildman–Crippen LogP) is 3.35. The van der Waals surface area contributed by atoms with E-state index < -0.39 is 5.82 Å². The van der Waals surface area contributed by atoms with Crippen molar-refractivity contribution in [2.75, 3.05) is 5.73 Å². The number of hydrogen-bond acceptors (Lipinski definition) is 3. The first-order chi connectivity index (χ1) is 8.95. The van der Waals surface area contributed by atoms with Crippen molar-refractivity contribution in [2.45, 2.75) is 19.8 Å². The predicted molar refractivity (Wildman–Crippen MR) is 74.4 cm³/mol. The van der Waals surface area contributed by atoms with E-state index in [1.165, 1.54) is 10.7 Å². The first-order valence-electron chi connectivity index (χ1n) is 5.69. The molecular weight excluding hydrogens is 311 g/mol. The fraction of sp³-hybridized carbons (Fsp3) is 0.231. The van der Waals surface area contributed by atoms with Crippen LogP contribution >= 0.6 is 15.9 Å². The Bertz CT molecular complexity index is 670. The molecule has 0 amide bonds. The quantitative estimate of drug-likeness (QED) is 0.921. The largest absolute Gasteiger partial charge is 0.395 e. The molecule has 6 heteroatoms. The summed E-state index contributed by atoms with van der Waals surface area (Å²) in [6.45, 7) is 3.84. The van der Waals surface area contributed by atoms with Gasteiger partial charge in [-0.15, -0.1) is 0 Å². The third kappa shape index (κ3) is 2.34. The second-order valence-corrected chi connectivity index (χ2v) is 5.34. The van der Waals surface area contributed by atoms with Gasteiger partial charge in [0, 0.05) is 4.47 Å². The molecule has 2 N–H and O–H groups in total. The monoisotopic (exact) mass is 322 g/mol. The van der Waals surface area contributed by atoms with E-state index in [2.05, 4.69) is 21.0 Å². The third-order valence-electron chi connectivity index (χ3n) is 2.74. The summed E-state index contributed by atoms with van der Waals surface area (Å²) < 4.78 is 15.8. The number of rotatable bonds is 2. The van der Waals surface area contributed by atoms with Crippen LogP contribution < -0.4 is 5.73 Å². The van der Waals surface area contributed by atoms with Gasteiger partial charge < -0.3 is 5.73 Å². The average Bonchev–Trinajstić information content (AvgIpc) is 2.66.